The van der Waals surface area contributed by atoms with E-state index in [0.717, 1.165) is 0 Å². The monoisotopic (exact) mass is 476 g/mol. The summed E-state index contributed by atoms with van der Waals surface area (Å²) in [5.74, 6) is -1.39. The number of carbonyl (C=O) groups is 2. The predicted octanol–water partition coefficient (Wildman–Crippen LogP) is 0.237. The number of aromatic nitrogens is 2. The van der Waals surface area contributed by atoms with Gasteiger partial charge in [-0.05, 0) is 24.3 Å². The Bertz CT molecular complexity index is 1110. The largest absolute Gasteiger partial charge is 0.355 e. The van der Waals surface area contributed by atoms with Crippen molar-refractivity contribution in [1.29, 1.82) is 0 Å². The van der Waals surface area contributed by atoms with Gasteiger partial charge < -0.3 is 15.1 Å². The lowest BCUT2D eigenvalue weighted by molar-refractivity contribution is -0.126. The van der Waals surface area contributed by atoms with Gasteiger partial charge in [-0.1, -0.05) is 6.07 Å². The number of nitrogens with zero attached hydrogens (tertiary/aromatic N) is 5. The highest BCUT2D eigenvalue weighted by Gasteiger charge is 2.35. The number of halogens is 1. The zero-order chi connectivity index (χ0) is 23.4. The molecule has 2 amide bonds. The average Bonchev–Trinajstić information content (AvgIpc) is 3.21. The van der Waals surface area contributed by atoms with Gasteiger partial charge in [-0.15, -0.1) is 0 Å². The molecule has 33 heavy (non-hydrogen) atoms. The van der Waals surface area contributed by atoms with Crippen LogP contribution in [0, 0.1) is 11.7 Å². The topological polar surface area (TPSA) is 116 Å². The lowest BCUT2D eigenvalue weighted by atomic mass is 10.1. The van der Waals surface area contributed by atoms with Crippen LogP contribution in [-0.2, 0) is 19.6 Å². The fourth-order valence-corrected chi connectivity index (χ4v) is 5.31. The molecule has 12 heteroatoms. The standard InChI is InChI=1S/C21H25FN6O4S/c22-17-3-1-4-18(14-17)28-15-16(13-19(28)29)20(30)23-7-12-33(31,32)27-10-8-26(9-11-27)21-24-5-2-6-25-21/h1-6,14,16H,7-13,15H2,(H,23,30). The molecule has 2 aliphatic rings. The highest BCUT2D eigenvalue weighted by atomic mass is 32.2. The van der Waals surface area contributed by atoms with Crippen molar-refractivity contribution < 1.29 is 22.4 Å². The van der Waals surface area contributed by atoms with Crippen molar-refractivity contribution in [3.8, 4) is 0 Å². The number of carbonyl (C=O) groups excluding carboxylic acids is 2. The first-order chi connectivity index (χ1) is 15.8. The third-order valence-electron chi connectivity index (χ3n) is 5.74. The van der Waals surface area contributed by atoms with E-state index in [0.29, 0.717) is 37.8 Å². The predicted molar refractivity (Wildman–Crippen MR) is 119 cm³/mol. The second-order valence-electron chi connectivity index (χ2n) is 7.93. The zero-order valence-corrected chi connectivity index (χ0v) is 18.7. The minimum Gasteiger partial charge on any atom is -0.355 e. The third-order valence-corrected chi connectivity index (χ3v) is 7.61. The third kappa shape index (κ3) is 5.45. The van der Waals surface area contributed by atoms with E-state index < -0.39 is 21.8 Å². The molecule has 1 atom stereocenters. The molecule has 1 unspecified atom stereocenters. The molecule has 1 N–H and O–H groups in total. The fourth-order valence-electron chi connectivity index (χ4n) is 3.97. The van der Waals surface area contributed by atoms with Crippen LogP contribution >= 0.6 is 0 Å². The van der Waals surface area contributed by atoms with Crippen molar-refractivity contribution in [3.63, 3.8) is 0 Å². The molecule has 2 aliphatic heterocycles. The molecule has 1 aromatic carbocycles. The van der Waals surface area contributed by atoms with Crippen molar-refractivity contribution in [3.05, 3.63) is 48.5 Å². The molecular formula is C21H25FN6O4S. The number of hydrogen-bond donors (Lipinski definition) is 1. The lowest BCUT2D eigenvalue weighted by Gasteiger charge is -2.33. The van der Waals surface area contributed by atoms with Crippen LogP contribution in [0.5, 0.6) is 0 Å². The van der Waals surface area contributed by atoms with Crippen molar-refractivity contribution in [1.82, 2.24) is 19.6 Å². The minimum atomic E-state index is -3.55. The maximum atomic E-state index is 13.5. The van der Waals surface area contributed by atoms with Gasteiger partial charge in [0.1, 0.15) is 5.82 Å². The number of sulfonamides is 1. The van der Waals surface area contributed by atoms with E-state index in [4.69, 9.17) is 0 Å². The first kappa shape index (κ1) is 23.1. The average molecular weight is 477 g/mol. The maximum absolute atomic E-state index is 13.5. The smallest absolute Gasteiger partial charge is 0.227 e. The van der Waals surface area contributed by atoms with Crippen LogP contribution in [0.25, 0.3) is 0 Å². The number of amides is 2. The molecule has 2 fully saturated rings. The number of nitrogens with one attached hydrogen (secondary N) is 1. The summed E-state index contributed by atoms with van der Waals surface area (Å²) in [6, 6.07) is 7.36. The van der Waals surface area contributed by atoms with E-state index in [2.05, 4.69) is 15.3 Å². The van der Waals surface area contributed by atoms with E-state index >= 15 is 0 Å². The fraction of sp³-hybridized carbons (Fsp3) is 0.429. The van der Waals surface area contributed by atoms with Crippen LogP contribution < -0.4 is 15.1 Å². The molecule has 2 saturated heterocycles. The van der Waals surface area contributed by atoms with Gasteiger partial charge in [-0.25, -0.2) is 22.8 Å². The van der Waals surface area contributed by atoms with Crippen LogP contribution in [-0.4, -0.2) is 79.5 Å². The summed E-state index contributed by atoms with van der Waals surface area (Å²) in [6.07, 6.45) is 3.28. The Morgan fingerprint density at radius 3 is 2.55 bits per heavy atom. The van der Waals surface area contributed by atoms with Gasteiger partial charge in [0.2, 0.25) is 27.8 Å². The highest BCUT2D eigenvalue weighted by molar-refractivity contribution is 7.89. The van der Waals surface area contributed by atoms with Crippen molar-refractivity contribution in [2.45, 2.75) is 6.42 Å². The molecule has 0 radical (unpaired) electrons. The Labute approximate surface area is 191 Å². The molecule has 0 aliphatic carbocycles. The van der Waals surface area contributed by atoms with Gasteiger partial charge in [0, 0.05) is 63.8 Å². The van der Waals surface area contributed by atoms with Gasteiger partial charge in [0.25, 0.3) is 0 Å². The quantitative estimate of drug-likeness (QED) is 0.609. The SMILES string of the molecule is O=C(NCCS(=O)(=O)N1CCN(c2ncccn2)CC1)C1CC(=O)N(c2cccc(F)c2)C1. The molecule has 3 heterocycles. The number of benzene rings is 1. The van der Waals surface area contributed by atoms with Crippen molar-refractivity contribution in [2.75, 3.05) is 54.8 Å². The van der Waals surface area contributed by atoms with Crippen LogP contribution in [0.4, 0.5) is 16.0 Å². The van der Waals surface area contributed by atoms with Gasteiger partial charge >= 0.3 is 0 Å². The summed E-state index contributed by atoms with van der Waals surface area (Å²) in [5.41, 5.74) is 0.401. The molecule has 0 bridgehead atoms. The molecule has 1 aromatic heterocycles. The Morgan fingerprint density at radius 1 is 1.12 bits per heavy atom. The summed E-state index contributed by atoms with van der Waals surface area (Å²) in [7, 11) is -3.55. The Kier molecular flexibility index (Phi) is 6.84. The van der Waals surface area contributed by atoms with Crippen LogP contribution in [0.1, 0.15) is 6.42 Å². The summed E-state index contributed by atoms with van der Waals surface area (Å²) in [5, 5.41) is 2.63. The molecule has 2 aromatic rings. The lowest BCUT2D eigenvalue weighted by Crippen LogP contribution is -2.50. The van der Waals surface area contributed by atoms with E-state index in [1.54, 1.807) is 24.5 Å². The molecule has 4 rings (SSSR count). The van der Waals surface area contributed by atoms with E-state index in [-0.39, 0.29) is 37.1 Å². The molecule has 10 nitrogen and oxygen atoms in total. The van der Waals surface area contributed by atoms with Gasteiger partial charge in [-0.3, -0.25) is 9.59 Å². The van der Waals surface area contributed by atoms with Gasteiger partial charge in [0.05, 0.1) is 11.7 Å². The molecule has 0 spiro atoms. The normalized spacial score (nSPS) is 19.7. The summed E-state index contributed by atoms with van der Waals surface area (Å²) in [4.78, 5) is 36.4. The highest BCUT2D eigenvalue weighted by Crippen LogP contribution is 2.25. The summed E-state index contributed by atoms with van der Waals surface area (Å²) < 4.78 is 40.2. The Balaban J connectivity index is 1.24. The second kappa shape index (κ2) is 9.79. The Morgan fingerprint density at radius 2 is 1.85 bits per heavy atom. The molecule has 0 saturated carbocycles. The number of rotatable bonds is 7. The number of piperazine rings is 1. The van der Waals surface area contributed by atoms with Gasteiger partial charge in [0.15, 0.2) is 0 Å². The van der Waals surface area contributed by atoms with Crippen LogP contribution in [0.3, 0.4) is 0 Å². The molecular weight excluding hydrogens is 451 g/mol. The molecule has 176 valence electrons. The van der Waals surface area contributed by atoms with Crippen LogP contribution in [0.15, 0.2) is 42.7 Å². The summed E-state index contributed by atoms with van der Waals surface area (Å²) in [6.45, 7) is 1.67. The van der Waals surface area contributed by atoms with E-state index in [9.17, 15) is 22.4 Å². The number of anilines is 2. The van der Waals surface area contributed by atoms with Crippen molar-refractivity contribution >= 4 is 33.5 Å². The van der Waals surface area contributed by atoms with E-state index in [1.807, 2.05) is 4.90 Å². The number of hydrogen-bond acceptors (Lipinski definition) is 7. The zero-order valence-electron chi connectivity index (χ0n) is 17.9. The van der Waals surface area contributed by atoms with Crippen LogP contribution in [0.2, 0.25) is 0 Å². The first-order valence-corrected chi connectivity index (χ1v) is 12.3. The maximum Gasteiger partial charge on any atom is 0.227 e. The second-order valence-corrected chi connectivity index (χ2v) is 10.0. The van der Waals surface area contributed by atoms with E-state index in [1.165, 1.54) is 27.4 Å². The van der Waals surface area contributed by atoms with Crippen molar-refractivity contribution in [2.24, 2.45) is 5.92 Å². The first-order valence-electron chi connectivity index (χ1n) is 10.7. The summed E-state index contributed by atoms with van der Waals surface area (Å²) >= 11 is 0. The minimum absolute atomic E-state index is 0.00138. The van der Waals surface area contributed by atoms with Gasteiger partial charge in [-0.2, -0.15) is 4.31 Å². The Hall–Kier alpha value is -3.12.